The van der Waals surface area contributed by atoms with Gasteiger partial charge >= 0.3 is 5.97 Å². The van der Waals surface area contributed by atoms with Gasteiger partial charge in [0.1, 0.15) is 11.6 Å². The second-order valence-corrected chi connectivity index (χ2v) is 3.00. The average molecular weight is 216 g/mol. The highest BCUT2D eigenvalue weighted by Gasteiger charge is 2.14. The van der Waals surface area contributed by atoms with Gasteiger partial charge in [-0.25, -0.2) is 8.78 Å². The van der Waals surface area contributed by atoms with Gasteiger partial charge in [-0.05, 0) is 17.7 Å². The number of rotatable bonds is 3. The molecule has 0 aliphatic heterocycles. The van der Waals surface area contributed by atoms with Gasteiger partial charge in [0.2, 0.25) is 0 Å². The van der Waals surface area contributed by atoms with Crippen LogP contribution in [0.4, 0.5) is 8.78 Å². The minimum Gasteiger partial charge on any atom is -0.469 e. The Kier molecular flexibility index (Phi) is 3.74. The number of methoxy groups -OCH3 is 1. The summed E-state index contributed by atoms with van der Waals surface area (Å²) in [5.41, 5.74) is 0.0119. The van der Waals surface area contributed by atoms with Gasteiger partial charge < -0.3 is 9.84 Å². The molecule has 0 aliphatic carbocycles. The highest BCUT2D eigenvalue weighted by molar-refractivity contribution is 5.70. The zero-order valence-corrected chi connectivity index (χ0v) is 8.04. The van der Waals surface area contributed by atoms with Crippen LogP contribution in [0.25, 0.3) is 0 Å². The molecule has 0 aromatic heterocycles. The fraction of sp³-hybridized carbons (Fsp3) is 0.300. The Bertz CT molecular complexity index is 345. The number of ether oxygens (including phenoxy) is 1. The second-order valence-electron chi connectivity index (χ2n) is 3.00. The second kappa shape index (κ2) is 4.84. The van der Waals surface area contributed by atoms with Crippen molar-refractivity contribution in [3.63, 3.8) is 0 Å². The van der Waals surface area contributed by atoms with Crippen LogP contribution >= 0.6 is 0 Å². The van der Waals surface area contributed by atoms with Crippen molar-refractivity contribution in [2.24, 2.45) is 0 Å². The number of carbonyl (C=O) groups excluding carboxylic acids is 1. The number of esters is 1. The van der Waals surface area contributed by atoms with Crippen molar-refractivity contribution in [3.8, 4) is 0 Å². The summed E-state index contributed by atoms with van der Waals surface area (Å²) >= 11 is 0. The van der Waals surface area contributed by atoms with E-state index in [-0.39, 0.29) is 12.0 Å². The number of halogens is 2. The van der Waals surface area contributed by atoms with Crippen molar-refractivity contribution in [2.45, 2.75) is 12.5 Å². The van der Waals surface area contributed by atoms with E-state index in [4.69, 9.17) is 0 Å². The van der Waals surface area contributed by atoms with E-state index in [1.807, 2.05) is 0 Å². The average Bonchev–Trinajstić information content (AvgIpc) is 2.16. The van der Waals surface area contributed by atoms with E-state index in [1.54, 1.807) is 0 Å². The zero-order chi connectivity index (χ0) is 11.4. The summed E-state index contributed by atoms with van der Waals surface area (Å²) in [7, 11) is 1.17. The van der Waals surface area contributed by atoms with Crippen molar-refractivity contribution < 1.29 is 23.4 Å². The molecule has 1 aromatic rings. The first kappa shape index (κ1) is 11.6. The third-order valence-corrected chi connectivity index (χ3v) is 1.86. The van der Waals surface area contributed by atoms with Gasteiger partial charge in [0, 0.05) is 6.07 Å². The molecule has 0 heterocycles. The molecule has 1 N–H and O–H groups in total. The van der Waals surface area contributed by atoms with Gasteiger partial charge in [-0.3, -0.25) is 4.79 Å². The summed E-state index contributed by atoms with van der Waals surface area (Å²) < 4.78 is 29.8. The summed E-state index contributed by atoms with van der Waals surface area (Å²) in [6.07, 6.45) is -1.60. The molecule has 0 aliphatic rings. The van der Waals surface area contributed by atoms with Crippen LogP contribution in [0.3, 0.4) is 0 Å². The fourth-order valence-electron chi connectivity index (χ4n) is 1.13. The van der Waals surface area contributed by atoms with Crippen LogP contribution in [0, 0.1) is 11.6 Å². The third kappa shape index (κ3) is 3.28. The van der Waals surface area contributed by atoms with E-state index >= 15 is 0 Å². The number of aliphatic hydroxyl groups is 1. The molecule has 0 radical (unpaired) electrons. The Morgan fingerprint density at radius 3 is 2.40 bits per heavy atom. The zero-order valence-electron chi connectivity index (χ0n) is 8.04. The van der Waals surface area contributed by atoms with Crippen molar-refractivity contribution >= 4 is 5.97 Å². The molecule has 0 saturated heterocycles. The van der Waals surface area contributed by atoms with E-state index in [9.17, 15) is 18.7 Å². The molecule has 1 aromatic carbocycles. The Labute approximate surface area is 85.3 Å². The minimum atomic E-state index is -1.26. The highest BCUT2D eigenvalue weighted by Crippen LogP contribution is 2.19. The number of hydrogen-bond donors (Lipinski definition) is 1. The lowest BCUT2D eigenvalue weighted by molar-refractivity contribution is -0.142. The summed E-state index contributed by atoms with van der Waals surface area (Å²) in [6, 6.07) is 2.63. The van der Waals surface area contributed by atoms with Gasteiger partial charge in [-0.2, -0.15) is 0 Å². The largest absolute Gasteiger partial charge is 0.469 e. The molecule has 15 heavy (non-hydrogen) atoms. The maximum atomic E-state index is 12.7. The number of carbonyl (C=O) groups is 1. The van der Waals surface area contributed by atoms with E-state index < -0.39 is 23.7 Å². The smallest absolute Gasteiger partial charge is 0.308 e. The van der Waals surface area contributed by atoms with Crippen LogP contribution in [0.15, 0.2) is 18.2 Å². The van der Waals surface area contributed by atoms with Crippen LogP contribution < -0.4 is 0 Å². The van der Waals surface area contributed by atoms with Crippen LogP contribution in [0.1, 0.15) is 18.1 Å². The molecule has 0 unspecified atom stereocenters. The first-order valence-corrected chi connectivity index (χ1v) is 4.24. The lowest BCUT2D eigenvalue weighted by Crippen LogP contribution is -2.08. The minimum absolute atomic E-state index is 0.0119. The first-order chi connectivity index (χ1) is 7.02. The third-order valence-electron chi connectivity index (χ3n) is 1.86. The lowest BCUT2D eigenvalue weighted by Gasteiger charge is -2.09. The maximum absolute atomic E-state index is 12.7. The molecule has 0 saturated carbocycles. The van der Waals surface area contributed by atoms with E-state index in [1.165, 1.54) is 7.11 Å². The summed E-state index contributed by atoms with van der Waals surface area (Å²) in [5, 5.41) is 9.44. The van der Waals surface area contributed by atoms with Crippen molar-refractivity contribution in [1.82, 2.24) is 0 Å². The van der Waals surface area contributed by atoms with Gasteiger partial charge in [0.05, 0.1) is 19.6 Å². The van der Waals surface area contributed by atoms with Gasteiger partial charge in [0.15, 0.2) is 0 Å². The van der Waals surface area contributed by atoms with Gasteiger partial charge in [0.25, 0.3) is 0 Å². The van der Waals surface area contributed by atoms with Gasteiger partial charge in [-0.1, -0.05) is 0 Å². The Morgan fingerprint density at radius 2 is 1.93 bits per heavy atom. The molecule has 0 spiro atoms. The molecule has 3 nitrogen and oxygen atoms in total. The van der Waals surface area contributed by atoms with Gasteiger partial charge in [-0.15, -0.1) is 0 Å². The predicted molar refractivity (Wildman–Crippen MR) is 48.0 cm³/mol. The Morgan fingerprint density at radius 1 is 1.40 bits per heavy atom. The first-order valence-electron chi connectivity index (χ1n) is 4.24. The standard InChI is InChI=1S/C10H10F2O3/c1-15-10(14)5-9(13)6-2-7(11)4-8(12)3-6/h2-4,9,13H,5H2,1H3/t9-/m1/s1. The summed E-state index contributed by atoms with van der Waals surface area (Å²) in [6.45, 7) is 0. The predicted octanol–water partition coefficient (Wildman–Crippen LogP) is 1.56. The summed E-state index contributed by atoms with van der Waals surface area (Å²) in [5.74, 6) is -2.24. The quantitative estimate of drug-likeness (QED) is 0.780. The SMILES string of the molecule is COC(=O)C[C@@H](O)c1cc(F)cc(F)c1. The van der Waals surface area contributed by atoms with Crippen molar-refractivity contribution in [2.75, 3.05) is 7.11 Å². The van der Waals surface area contributed by atoms with Crippen LogP contribution in [0.5, 0.6) is 0 Å². The molecule has 0 bridgehead atoms. The maximum Gasteiger partial charge on any atom is 0.308 e. The Hall–Kier alpha value is -1.49. The van der Waals surface area contributed by atoms with Crippen LogP contribution in [-0.4, -0.2) is 18.2 Å². The number of aliphatic hydroxyl groups excluding tert-OH is 1. The molecular formula is C10H10F2O3. The van der Waals surface area contributed by atoms with Crippen molar-refractivity contribution in [3.05, 3.63) is 35.4 Å². The fourth-order valence-corrected chi connectivity index (χ4v) is 1.13. The monoisotopic (exact) mass is 216 g/mol. The summed E-state index contributed by atoms with van der Waals surface area (Å²) in [4.78, 5) is 10.8. The van der Waals surface area contributed by atoms with Crippen molar-refractivity contribution in [1.29, 1.82) is 0 Å². The molecule has 1 rings (SSSR count). The number of hydrogen-bond acceptors (Lipinski definition) is 3. The van der Waals surface area contributed by atoms with E-state index in [0.29, 0.717) is 6.07 Å². The lowest BCUT2D eigenvalue weighted by atomic mass is 10.1. The van der Waals surface area contributed by atoms with Crippen LogP contribution in [0.2, 0.25) is 0 Å². The van der Waals surface area contributed by atoms with E-state index in [0.717, 1.165) is 12.1 Å². The Balaban J connectivity index is 2.81. The molecule has 1 atom stereocenters. The van der Waals surface area contributed by atoms with E-state index in [2.05, 4.69) is 4.74 Å². The molecular weight excluding hydrogens is 206 g/mol. The number of benzene rings is 1. The normalized spacial score (nSPS) is 12.3. The molecule has 0 amide bonds. The van der Waals surface area contributed by atoms with Crippen LogP contribution in [-0.2, 0) is 9.53 Å². The topological polar surface area (TPSA) is 46.5 Å². The highest BCUT2D eigenvalue weighted by atomic mass is 19.1. The molecule has 0 fully saturated rings. The molecule has 5 heteroatoms. The molecule has 82 valence electrons.